The molecular weight excluding hydrogens is 344 g/mol. The molecule has 0 bridgehead atoms. The van der Waals surface area contributed by atoms with E-state index in [2.05, 4.69) is 11.9 Å². The molecule has 1 heterocycles. The summed E-state index contributed by atoms with van der Waals surface area (Å²) in [5.74, 6) is 0.765. The molecule has 0 aliphatic heterocycles. The second-order valence-electron chi connectivity index (χ2n) is 6.01. The standard InChI is InChI=1S/C21H22N2O2S/c1-3-20-22-17(15-26-20)13-23(2)21(24)19-12-8-7-9-16(19)14-25-18-10-5-4-6-11-18/h4-12,15H,3,13-14H2,1-2H3. The lowest BCUT2D eigenvalue weighted by atomic mass is 10.1. The van der Waals surface area contributed by atoms with Crippen LogP contribution < -0.4 is 4.74 Å². The number of benzene rings is 2. The third-order valence-corrected chi connectivity index (χ3v) is 5.07. The molecule has 0 saturated carbocycles. The van der Waals surface area contributed by atoms with E-state index in [1.165, 1.54) is 0 Å². The van der Waals surface area contributed by atoms with Crippen molar-refractivity contribution in [3.05, 3.63) is 81.8 Å². The summed E-state index contributed by atoms with van der Waals surface area (Å²) in [6.07, 6.45) is 0.919. The van der Waals surface area contributed by atoms with Crippen molar-refractivity contribution >= 4 is 17.2 Å². The van der Waals surface area contributed by atoms with Crippen LogP contribution in [-0.2, 0) is 19.6 Å². The van der Waals surface area contributed by atoms with Crippen LogP contribution in [0.5, 0.6) is 5.75 Å². The third-order valence-electron chi connectivity index (χ3n) is 4.03. The maximum absolute atomic E-state index is 12.9. The van der Waals surface area contributed by atoms with Crippen LogP contribution in [0.15, 0.2) is 60.0 Å². The molecule has 2 aromatic carbocycles. The number of hydrogen-bond acceptors (Lipinski definition) is 4. The zero-order chi connectivity index (χ0) is 18.4. The Morgan fingerprint density at radius 1 is 1.12 bits per heavy atom. The minimum atomic E-state index is -0.0247. The predicted molar refractivity (Wildman–Crippen MR) is 105 cm³/mol. The van der Waals surface area contributed by atoms with E-state index >= 15 is 0 Å². The maximum atomic E-state index is 12.9. The van der Waals surface area contributed by atoms with Gasteiger partial charge in [0.2, 0.25) is 0 Å². The number of aryl methyl sites for hydroxylation is 1. The molecular formula is C21H22N2O2S. The van der Waals surface area contributed by atoms with E-state index in [0.717, 1.165) is 28.4 Å². The summed E-state index contributed by atoms with van der Waals surface area (Å²) in [6.45, 7) is 2.94. The fourth-order valence-corrected chi connectivity index (χ4v) is 3.37. The molecule has 1 amide bonds. The first-order valence-corrected chi connectivity index (χ1v) is 9.50. The van der Waals surface area contributed by atoms with Gasteiger partial charge in [0, 0.05) is 23.6 Å². The lowest BCUT2D eigenvalue weighted by Gasteiger charge is -2.18. The van der Waals surface area contributed by atoms with Crippen LogP contribution in [0, 0.1) is 0 Å². The number of nitrogens with zero attached hydrogens (tertiary/aromatic N) is 2. The Balaban J connectivity index is 1.70. The lowest BCUT2D eigenvalue weighted by molar-refractivity contribution is 0.0781. The molecule has 0 aliphatic rings. The summed E-state index contributed by atoms with van der Waals surface area (Å²) in [5.41, 5.74) is 2.47. The van der Waals surface area contributed by atoms with E-state index in [1.807, 2.05) is 67.0 Å². The Kier molecular flexibility index (Phi) is 6.02. The largest absolute Gasteiger partial charge is 0.489 e. The molecule has 3 rings (SSSR count). The number of ether oxygens (including phenoxy) is 1. The Morgan fingerprint density at radius 3 is 2.58 bits per heavy atom. The molecule has 0 aliphatic carbocycles. The predicted octanol–water partition coefficient (Wildman–Crippen LogP) is 4.56. The van der Waals surface area contributed by atoms with Crippen molar-refractivity contribution in [2.24, 2.45) is 0 Å². The molecule has 0 saturated heterocycles. The van der Waals surface area contributed by atoms with Crippen LogP contribution in [0.1, 0.15) is 33.5 Å². The van der Waals surface area contributed by atoms with Crippen molar-refractivity contribution in [2.75, 3.05) is 7.05 Å². The van der Waals surface area contributed by atoms with E-state index in [-0.39, 0.29) is 5.91 Å². The number of carbonyl (C=O) groups excluding carboxylic acids is 1. The van der Waals surface area contributed by atoms with Gasteiger partial charge in [-0.05, 0) is 24.6 Å². The molecule has 0 spiro atoms. The van der Waals surface area contributed by atoms with Crippen molar-refractivity contribution in [1.29, 1.82) is 0 Å². The number of rotatable bonds is 7. The van der Waals surface area contributed by atoms with Crippen LogP contribution in [-0.4, -0.2) is 22.8 Å². The van der Waals surface area contributed by atoms with Gasteiger partial charge in [-0.15, -0.1) is 11.3 Å². The number of carbonyl (C=O) groups is 1. The Labute approximate surface area is 158 Å². The SMILES string of the molecule is CCc1nc(CN(C)C(=O)c2ccccc2COc2ccccc2)cs1. The first kappa shape index (κ1) is 18.1. The van der Waals surface area contributed by atoms with Crippen LogP contribution in [0.3, 0.4) is 0 Å². The van der Waals surface area contributed by atoms with Crippen molar-refractivity contribution in [1.82, 2.24) is 9.88 Å². The molecule has 0 unspecified atom stereocenters. The van der Waals surface area contributed by atoms with Gasteiger partial charge in [0.05, 0.1) is 17.2 Å². The van der Waals surface area contributed by atoms with Gasteiger partial charge < -0.3 is 9.64 Å². The summed E-state index contributed by atoms with van der Waals surface area (Å²) in [5, 5.41) is 3.12. The van der Waals surface area contributed by atoms with Gasteiger partial charge in [-0.3, -0.25) is 4.79 Å². The summed E-state index contributed by atoms with van der Waals surface area (Å²) >= 11 is 1.64. The second-order valence-corrected chi connectivity index (χ2v) is 6.95. The topological polar surface area (TPSA) is 42.4 Å². The average Bonchev–Trinajstić information content (AvgIpc) is 3.14. The van der Waals surface area contributed by atoms with Crippen molar-refractivity contribution < 1.29 is 9.53 Å². The van der Waals surface area contributed by atoms with E-state index in [9.17, 15) is 4.79 Å². The minimum Gasteiger partial charge on any atom is -0.489 e. The number of thiazole rings is 1. The van der Waals surface area contributed by atoms with Gasteiger partial charge in [-0.1, -0.05) is 43.3 Å². The molecule has 1 aromatic heterocycles. The van der Waals surface area contributed by atoms with Crippen molar-refractivity contribution in [3.63, 3.8) is 0 Å². The molecule has 5 heteroatoms. The highest BCUT2D eigenvalue weighted by Crippen LogP contribution is 2.18. The van der Waals surface area contributed by atoms with E-state index < -0.39 is 0 Å². The molecule has 0 atom stereocenters. The first-order chi connectivity index (χ1) is 12.7. The highest BCUT2D eigenvalue weighted by Gasteiger charge is 2.17. The van der Waals surface area contributed by atoms with Crippen LogP contribution in [0.4, 0.5) is 0 Å². The fraction of sp³-hybridized carbons (Fsp3) is 0.238. The molecule has 26 heavy (non-hydrogen) atoms. The average molecular weight is 366 g/mol. The van der Waals surface area contributed by atoms with Gasteiger partial charge >= 0.3 is 0 Å². The number of para-hydroxylation sites is 1. The maximum Gasteiger partial charge on any atom is 0.254 e. The summed E-state index contributed by atoms with van der Waals surface area (Å²) in [7, 11) is 1.81. The molecule has 0 radical (unpaired) electrons. The Bertz CT molecular complexity index is 861. The molecule has 134 valence electrons. The fourth-order valence-electron chi connectivity index (χ4n) is 2.64. The van der Waals surface area contributed by atoms with E-state index in [0.29, 0.717) is 18.7 Å². The molecule has 3 aromatic rings. The first-order valence-electron chi connectivity index (χ1n) is 8.62. The molecule has 4 nitrogen and oxygen atoms in total. The third kappa shape index (κ3) is 4.49. The highest BCUT2D eigenvalue weighted by molar-refractivity contribution is 7.09. The number of hydrogen-bond donors (Lipinski definition) is 0. The summed E-state index contributed by atoms with van der Waals surface area (Å²) < 4.78 is 5.82. The Morgan fingerprint density at radius 2 is 1.85 bits per heavy atom. The second kappa shape index (κ2) is 8.63. The van der Waals surface area contributed by atoms with Crippen LogP contribution in [0.25, 0.3) is 0 Å². The van der Waals surface area contributed by atoms with E-state index in [4.69, 9.17) is 4.74 Å². The van der Waals surface area contributed by atoms with Gasteiger partial charge in [0.1, 0.15) is 12.4 Å². The smallest absolute Gasteiger partial charge is 0.254 e. The van der Waals surface area contributed by atoms with Gasteiger partial charge in [0.25, 0.3) is 5.91 Å². The molecule has 0 fully saturated rings. The van der Waals surface area contributed by atoms with Crippen LogP contribution >= 0.6 is 11.3 Å². The monoisotopic (exact) mass is 366 g/mol. The quantitative estimate of drug-likeness (QED) is 0.616. The minimum absolute atomic E-state index is 0.0247. The normalized spacial score (nSPS) is 10.5. The van der Waals surface area contributed by atoms with Gasteiger partial charge in [-0.2, -0.15) is 0 Å². The zero-order valence-corrected chi connectivity index (χ0v) is 15.8. The zero-order valence-electron chi connectivity index (χ0n) is 15.0. The highest BCUT2D eigenvalue weighted by atomic mass is 32.1. The number of aromatic nitrogens is 1. The van der Waals surface area contributed by atoms with E-state index in [1.54, 1.807) is 16.2 Å². The lowest BCUT2D eigenvalue weighted by Crippen LogP contribution is -2.27. The van der Waals surface area contributed by atoms with Gasteiger partial charge in [0.15, 0.2) is 0 Å². The number of amides is 1. The Hall–Kier alpha value is -2.66. The van der Waals surface area contributed by atoms with Crippen molar-refractivity contribution in [3.8, 4) is 5.75 Å². The van der Waals surface area contributed by atoms with Crippen LogP contribution in [0.2, 0.25) is 0 Å². The van der Waals surface area contributed by atoms with Gasteiger partial charge in [-0.25, -0.2) is 4.98 Å². The summed E-state index contributed by atoms with van der Waals surface area (Å²) in [4.78, 5) is 19.2. The molecule has 0 N–H and O–H groups in total. The van der Waals surface area contributed by atoms with Crippen molar-refractivity contribution in [2.45, 2.75) is 26.5 Å². The summed E-state index contributed by atoms with van der Waals surface area (Å²) in [6, 6.07) is 17.2.